The van der Waals surface area contributed by atoms with Gasteiger partial charge in [0.05, 0.1) is 25.9 Å². The van der Waals surface area contributed by atoms with Crippen molar-refractivity contribution in [1.82, 2.24) is 4.90 Å². The van der Waals surface area contributed by atoms with Crippen molar-refractivity contribution in [2.45, 2.75) is 38.9 Å². The largest absolute Gasteiger partial charge is 0.394 e. The van der Waals surface area contributed by atoms with Crippen LogP contribution >= 0.6 is 0 Å². The molecule has 0 aliphatic rings. The molecular weight excluding hydrogens is 290 g/mol. The predicted molar refractivity (Wildman–Crippen MR) is 82.7 cm³/mol. The number of nitrogens with zero attached hydrogens (tertiary/aromatic N) is 1. The Bertz CT molecular complexity index is 277. The van der Waals surface area contributed by atoms with Crippen molar-refractivity contribution < 1.29 is 29.2 Å². The second-order valence-electron chi connectivity index (χ2n) is 4.99. The molecule has 2 unspecified atom stereocenters. The fourth-order valence-electron chi connectivity index (χ4n) is 1.89. The minimum atomic E-state index is -0.923. The number of hydrogen-bond donors (Lipinski definition) is 2. The lowest BCUT2D eigenvalue weighted by atomic mass is 10.2. The minimum Gasteiger partial charge on any atom is -0.394 e. The maximum absolute atomic E-state index is 12.0. The van der Waals surface area contributed by atoms with E-state index in [0.29, 0.717) is 39.3 Å². The second-order valence-corrected chi connectivity index (χ2v) is 4.99. The van der Waals surface area contributed by atoms with Gasteiger partial charge in [0.1, 0.15) is 6.10 Å². The molecule has 7 heteroatoms. The van der Waals surface area contributed by atoms with E-state index in [4.69, 9.17) is 19.3 Å². The lowest BCUT2D eigenvalue weighted by molar-refractivity contribution is -0.135. The number of hydrogen-bond acceptors (Lipinski definition) is 6. The Morgan fingerprint density at radius 3 is 2.55 bits per heavy atom. The van der Waals surface area contributed by atoms with Crippen LogP contribution in [-0.4, -0.2) is 86.5 Å². The highest BCUT2D eigenvalue weighted by Crippen LogP contribution is 2.04. The van der Waals surface area contributed by atoms with Crippen molar-refractivity contribution in [3.05, 3.63) is 0 Å². The molecule has 0 heterocycles. The summed E-state index contributed by atoms with van der Waals surface area (Å²) in [7, 11) is 1.63. The number of ether oxygens (including phenoxy) is 3. The van der Waals surface area contributed by atoms with Gasteiger partial charge >= 0.3 is 0 Å². The fourth-order valence-corrected chi connectivity index (χ4v) is 1.89. The monoisotopic (exact) mass is 321 g/mol. The summed E-state index contributed by atoms with van der Waals surface area (Å²) in [5.41, 5.74) is 0. The first-order valence-electron chi connectivity index (χ1n) is 7.83. The zero-order chi connectivity index (χ0) is 16.8. The molecule has 132 valence electrons. The Balaban J connectivity index is 4.52. The molecule has 0 aromatic carbocycles. The van der Waals surface area contributed by atoms with Gasteiger partial charge in [-0.1, -0.05) is 6.92 Å². The first-order valence-corrected chi connectivity index (χ1v) is 7.83. The number of aliphatic hydroxyl groups excluding tert-OH is 2. The molecule has 1 amide bonds. The molecule has 22 heavy (non-hydrogen) atoms. The quantitative estimate of drug-likeness (QED) is 0.439. The van der Waals surface area contributed by atoms with Crippen molar-refractivity contribution in [3.8, 4) is 0 Å². The molecule has 0 aromatic rings. The van der Waals surface area contributed by atoms with Crippen molar-refractivity contribution >= 4 is 5.91 Å². The van der Waals surface area contributed by atoms with Gasteiger partial charge in [0, 0.05) is 39.8 Å². The molecule has 0 aliphatic heterocycles. The molecule has 0 radical (unpaired) electrons. The van der Waals surface area contributed by atoms with E-state index < -0.39 is 6.10 Å². The summed E-state index contributed by atoms with van der Waals surface area (Å²) >= 11 is 0. The lowest BCUT2D eigenvalue weighted by Crippen LogP contribution is -2.42. The number of carbonyl (C=O) groups excluding carboxylic acids is 1. The van der Waals surface area contributed by atoms with E-state index >= 15 is 0 Å². The van der Waals surface area contributed by atoms with Gasteiger partial charge < -0.3 is 29.3 Å². The highest BCUT2D eigenvalue weighted by molar-refractivity contribution is 5.75. The number of aliphatic hydroxyl groups is 2. The van der Waals surface area contributed by atoms with Crippen LogP contribution in [0.2, 0.25) is 0 Å². The van der Waals surface area contributed by atoms with E-state index in [1.165, 1.54) is 0 Å². The summed E-state index contributed by atoms with van der Waals surface area (Å²) in [6, 6.07) is 0. The van der Waals surface area contributed by atoms with E-state index in [0.717, 1.165) is 6.42 Å². The van der Waals surface area contributed by atoms with Gasteiger partial charge in [0.2, 0.25) is 5.91 Å². The highest BCUT2D eigenvalue weighted by Gasteiger charge is 2.19. The average molecular weight is 321 g/mol. The topological polar surface area (TPSA) is 88.5 Å². The molecule has 2 atom stereocenters. The molecule has 0 spiro atoms. The van der Waals surface area contributed by atoms with Crippen LogP contribution in [-0.2, 0) is 19.0 Å². The SMILES string of the molecule is CCOCC(CN(CCCOC)C(=O)CC)OCC(O)CO. The summed E-state index contributed by atoms with van der Waals surface area (Å²) in [6.07, 6.45) is -0.0802. The molecule has 0 saturated carbocycles. The van der Waals surface area contributed by atoms with Gasteiger partial charge in [-0.15, -0.1) is 0 Å². The maximum Gasteiger partial charge on any atom is 0.222 e. The summed E-state index contributed by atoms with van der Waals surface area (Å²) in [5.74, 6) is 0.0453. The predicted octanol–water partition coefficient (Wildman–Crippen LogP) is 0.0364. The van der Waals surface area contributed by atoms with Crippen LogP contribution in [0.4, 0.5) is 0 Å². The third kappa shape index (κ3) is 10.1. The van der Waals surface area contributed by atoms with Crippen molar-refractivity contribution in [1.29, 1.82) is 0 Å². The zero-order valence-electron chi connectivity index (χ0n) is 14.0. The summed E-state index contributed by atoms with van der Waals surface area (Å²) in [6.45, 7) is 5.83. The Morgan fingerprint density at radius 2 is 2.00 bits per heavy atom. The van der Waals surface area contributed by atoms with Gasteiger partial charge in [0.25, 0.3) is 0 Å². The normalized spacial score (nSPS) is 13.9. The third-order valence-electron chi connectivity index (χ3n) is 3.10. The van der Waals surface area contributed by atoms with Crippen molar-refractivity contribution in [2.75, 3.05) is 53.2 Å². The van der Waals surface area contributed by atoms with Crippen LogP contribution in [0.3, 0.4) is 0 Å². The van der Waals surface area contributed by atoms with Gasteiger partial charge in [-0.25, -0.2) is 0 Å². The number of methoxy groups -OCH3 is 1. The van der Waals surface area contributed by atoms with E-state index in [1.54, 1.807) is 12.0 Å². The van der Waals surface area contributed by atoms with Gasteiger partial charge in [-0.2, -0.15) is 0 Å². The third-order valence-corrected chi connectivity index (χ3v) is 3.10. The Labute approximate surface area is 133 Å². The van der Waals surface area contributed by atoms with Gasteiger partial charge in [-0.05, 0) is 13.3 Å². The van der Waals surface area contributed by atoms with Gasteiger partial charge in [-0.3, -0.25) is 4.79 Å². The average Bonchev–Trinajstić information content (AvgIpc) is 2.54. The molecule has 7 nitrogen and oxygen atoms in total. The fraction of sp³-hybridized carbons (Fsp3) is 0.933. The van der Waals surface area contributed by atoms with Crippen LogP contribution in [0, 0.1) is 0 Å². The smallest absolute Gasteiger partial charge is 0.222 e. The Kier molecular flexibility index (Phi) is 13.4. The molecular formula is C15H31NO6. The minimum absolute atomic E-state index is 0.0144. The van der Waals surface area contributed by atoms with Crippen molar-refractivity contribution in [3.63, 3.8) is 0 Å². The molecule has 0 fully saturated rings. The number of rotatable bonds is 14. The summed E-state index contributed by atoms with van der Waals surface area (Å²) < 4.78 is 16.0. The summed E-state index contributed by atoms with van der Waals surface area (Å²) in [4.78, 5) is 13.7. The van der Waals surface area contributed by atoms with Crippen LogP contribution in [0.15, 0.2) is 0 Å². The lowest BCUT2D eigenvalue weighted by Gasteiger charge is -2.28. The standard InChI is InChI=1S/C15H31NO6/c1-4-15(19)16(7-6-8-20-3)9-14(12-21-5-2)22-11-13(18)10-17/h13-14,17-18H,4-12H2,1-3H3. The molecule has 0 saturated heterocycles. The van der Waals surface area contributed by atoms with Crippen LogP contribution in [0.25, 0.3) is 0 Å². The number of carbonyl (C=O) groups is 1. The zero-order valence-corrected chi connectivity index (χ0v) is 14.0. The van der Waals surface area contributed by atoms with E-state index in [9.17, 15) is 9.90 Å². The highest BCUT2D eigenvalue weighted by atomic mass is 16.5. The Morgan fingerprint density at radius 1 is 1.27 bits per heavy atom. The van der Waals surface area contributed by atoms with E-state index in [1.807, 2.05) is 13.8 Å². The van der Waals surface area contributed by atoms with Crippen LogP contribution in [0.5, 0.6) is 0 Å². The first kappa shape index (κ1) is 21.3. The number of amides is 1. The van der Waals surface area contributed by atoms with Crippen LogP contribution in [0.1, 0.15) is 26.7 Å². The summed E-state index contributed by atoms with van der Waals surface area (Å²) in [5, 5.41) is 18.2. The van der Waals surface area contributed by atoms with E-state index in [-0.39, 0.29) is 25.2 Å². The maximum atomic E-state index is 12.0. The van der Waals surface area contributed by atoms with Crippen LogP contribution < -0.4 is 0 Å². The molecule has 0 bridgehead atoms. The Hall–Kier alpha value is -0.730. The molecule has 0 aromatic heterocycles. The second kappa shape index (κ2) is 13.9. The molecule has 2 N–H and O–H groups in total. The molecule has 0 rings (SSSR count). The van der Waals surface area contributed by atoms with Crippen molar-refractivity contribution in [2.24, 2.45) is 0 Å². The van der Waals surface area contributed by atoms with Gasteiger partial charge in [0.15, 0.2) is 0 Å². The molecule has 0 aliphatic carbocycles. The first-order chi connectivity index (χ1) is 10.6. The van der Waals surface area contributed by atoms with E-state index in [2.05, 4.69) is 0 Å².